The van der Waals surface area contributed by atoms with Crippen molar-refractivity contribution in [3.05, 3.63) is 0 Å². The Labute approximate surface area is 61.6 Å². The number of nitrogens with one attached hydrogen (secondary N) is 1. The molecule has 0 aromatic rings. The van der Waals surface area contributed by atoms with Crippen LogP contribution in [0.1, 0.15) is 6.92 Å². The SMILES string of the molecule is C#CC(C)(CO)NCCN. The third-order valence-corrected chi connectivity index (χ3v) is 1.29. The zero-order valence-electron chi connectivity index (χ0n) is 6.22. The van der Waals surface area contributed by atoms with Gasteiger partial charge in [-0.3, -0.25) is 5.32 Å². The van der Waals surface area contributed by atoms with Crippen LogP contribution in [0.3, 0.4) is 0 Å². The van der Waals surface area contributed by atoms with Gasteiger partial charge in [-0.05, 0) is 6.92 Å². The summed E-state index contributed by atoms with van der Waals surface area (Å²) in [5.74, 6) is 2.45. The van der Waals surface area contributed by atoms with E-state index in [0.29, 0.717) is 13.1 Å². The maximum atomic E-state index is 8.77. The lowest BCUT2D eigenvalue weighted by Crippen LogP contribution is -2.46. The van der Waals surface area contributed by atoms with Crippen molar-refractivity contribution >= 4 is 0 Å². The van der Waals surface area contributed by atoms with E-state index in [-0.39, 0.29) is 6.61 Å². The Hall–Kier alpha value is -0.560. The molecular weight excluding hydrogens is 128 g/mol. The fourth-order valence-electron chi connectivity index (χ4n) is 0.501. The van der Waals surface area contributed by atoms with Gasteiger partial charge in [-0.2, -0.15) is 0 Å². The van der Waals surface area contributed by atoms with Crippen molar-refractivity contribution in [1.29, 1.82) is 0 Å². The molecular formula is C7H14N2O. The minimum absolute atomic E-state index is 0.0660. The Kier molecular flexibility index (Phi) is 4.05. The summed E-state index contributed by atoms with van der Waals surface area (Å²) in [7, 11) is 0. The van der Waals surface area contributed by atoms with Crippen LogP contribution in [0, 0.1) is 12.3 Å². The molecule has 58 valence electrons. The number of terminal acetylenes is 1. The number of aliphatic hydroxyl groups excluding tert-OH is 1. The third-order valence-electron chi connectivity index (χ3n) is 1.29. The highest BCUT2D eigenvalue weighted by molar-refractivity contribution is 5.10. The van der Waals surface area contributed by atoms with E-state index in [1.165, 1.54) is 0 Å². The zero-order chi connectivity index (χ0) is 8.04. The molecule has 0 aromatic carbocycles. The molecule has 4 N–H and O–H groups in total. The van der Waals surface area contributed by atoms with E-state index in [9.17, 15) is 0 Å². The van der Waals surface area contributed by atoms with Crippen LogP contribution in [0.5, 0.6) is 0 Å². The van der Waals surface area contributed by atoms with Crippen LogP contribution in [0.2, 0.25) is 0 Å². The molecule has 0 amide bonds. The van der Waals surface area contributed by atoms with Gasteiger partial charge in [0.05, 0.1) is 6.61 Å². The summed E-state index contributed by atoms with van der Waals surface area (Å²) in [6, 6.07) is 0. The van der Waals surface area contributed by atoms with Crippen molar-refractivity contribution in [2.45, 2.75) is 12.5 Å². The Morgan fingerprint density at radius 2 is 2.40 bits per heavy atom. The molecule has 0 aliphatic rings. The van der Waals surface area contributed by atoms with Gasteiger partial charge < -0.3 is 10.8 Å². The molecule has 1 unspecified atom stereocenters. The average Bonchev–Trinajstić information content (AvgIpc) is 2.00. The molecule has 1 atom stereocenters. The molecule has 0 radical (unpaired) electrons. The summed E-state index contributed by atoms with van der Waals surface area (Å²) in [5.41, 5.74) is 4.62. The lowest BCUT2D eigenvalue weighted by atomic mass is 10.1. The van der Waals surface area contributed by atoms with Gasteiger partial charge in [0.25, 0.3) is 0 Å². The van der Waals surface area contributed by atoms with E-state index in [0.717, 1.165) is 0 Å². The van der Waals surface area contributed by atoms with Crippen molar-refractivity contribution in [1.82, 2.24) is 5.32 Å². The van der Waals surface area contributed by atoms with Gasteiger partial charge in [-0.25, -0.2) is 0 Å². The Morgan fingerprint density at radius 1 is 1.80 bits per heavy atom. The second kappa shape index (κ2) is 4.29. The molecule has 0 rings (SSSR count). The highest BCUT2D eigenvalue weighted by Crippen LogP contribution is 1.97. The van der Waals surface area contributed by atoms with Gasteiger partial charge in [0.15, 0.2) is 0 Å². The monoisotopic (exact) mass is 142 g/mol. The van der Waals surface area contributed by atoms with Gasteiger partial charge in [-0.1, -0.05) is 5.92 Å². The number of aliphatic hydroxyl groups is 1. The van der Waals surface area contributed by atoms with Crippen LogP contribution in [-0.2, 0) is 0 Å². The molecule has 0 fully saturated rings. The van der Waals surface area contributed by atoms with Gasteiger partial charge in [0.2, 0.25) is 0 Å². The van der Waals surface area contributed by atoms with Gasteiger partial charge in [-0.15, -0.1) is 6.42 Å². The number of hydrogen-bond donors (Lipinski definition) is 3. The summed E-state index contributed by atoms with van der Waals surface area (Å²) < 4.78 is 0. The largest absolute Gasteiger partial charge is 0.393 e. The first-order chi connectivity index (χ1) is 4.68. The first-order valence-electron chi connectivity index (χ1n) is 3.22. The summed E-state index contributed by atoms with van der Waals surface area (Å²) in [5, 5.41) is 11.7. The smallest absolute Gasteiger partial charge is 0.100 e. The highest BCUT2D eigenvalue weighted by atomic mass is 16.3. The number of hydrogen-bond acceptors (Lipinski definition) is 3. The van der Waals surface area contributed by atoms with Crippen molar-refractivity contribution in [2.24, 2.45) is 5.73 Å². The molecule has 0 heterocycles. The van der Waals surface area contributed by atoms with Crippen molar-refractivity contribution in [3.63, 3.8) is 0 Å². The van der Waals surface area contributed by atoms with Crippen molar-refractivity contribution in [3.8, 4) is 12.3 Å². The molecule has 0 aliphatic carbocycles. The normalized spacial score (nSPS) is 15.8. The van der Waals surface area contributed by atoms with E-state index < -0.39 is 5.54 Å². The summed E-state index contributed by atoms with van der Waals surface area (Å²) in [6.45, 7) is 2.84. The van der Waals surface area contributed by atoms with Crippen molar-refractivity contribution < 1.29 is 5.11 Å². The Balaban J connectivity index is 3.72. The third kappa shape index (κ3) is 2.83. The minimum Gasteiger partial charge on any atom is -0.393 e. The lowest BCUT2D eigenvalue weighted by molar-refractivity contribution is 0.216. The number of rotatable bonds is 4. The molecule has 10 heavy (non-hydrogen) atoms. The molecule has 0 aliphatic heterocycles. The van der Waals surface area contributed by atoms with Crippen LogP contribution in [0.15, 0.2) is 0 Å². The lowest BCUT2D eigenvalue weighted by Gasteiger charge is -2.21. The Morgan fingerprint density at radius 3 is 2.70 bits per heavy atom. The summed E-state index contributed by atoms with van der Waals surface area (Å²) in [6.07, 6.45) is 5.14. The Bertz CT molecular complexity index is 130. The maximum Gasteiger partial charge on any atom is 0.100 e. The highest BCUT2D eigenvalue weighted by Gasteiger charge is 2.17. The van der Waals surface area contributed by atoms with E-state index in [1.807, 2.05) is 0 Å². The van der Waals surface area contributed by atoms with E-state index in [4.69, 9.17) is 17.3 Å². The molecule has 3 heteroatoms. The molecule has 0 aromatic heterocycles. The maximum absolute atomic E-state index is 8.77. The van der Waals surface area contributed by atoms with Crippen LogP contribution < -0.4 is 11.1 Å². The predicted octanol–water partition coefficient (Wildman–Crippen LogP) is -1.08. The van der Waals surface area contributed by atoms with E-state index in [2.05, 4.69) is 11.2 Å². The van der Waals surface area contributed by atoms with Gasteiger partial charge in [0, 0.05) is 13.1 Å². The van der Waals surface area contributed by atoms with Gasteiger partial charge in [0.1, 0.15) is 5.54 Å². The molecule has 0 bridgehead atoms. The fourth-order valence-corrected chi connectivity index (χ4v) is 0.501. The van der Waals surface area contributed by atoms with Crippen LogP contribution in [0.25, 0.3) is 0 Å². The molecule has 0 saturated carbocycles. The van der Waals surface area contributed by atoms with E-state index >= 15 is 0 Å². The quantitative estimate of drug-likeness (QED) is 0.438. The van der Waals surface area contributed by atoms with Gasteiger partial charge >= 0.3 is 0 Å². The summed E-state index contributed by atoms with van der Waals surface area (Å²) >= 11 is 0. The zero-order valence-corrected chi connectivity index (χ0v) is 6.22. The first kappa shape index (κ1) is 9.44. The first-order valence-corrected chi connectivity index (χ1v) is 3.22. The van der Waals surface area contributed by atoms with Crippen LogP contribution >= 0.6 is 0 Å². The van der Waals surface area contributed by atoms with Crippen LogP contribution in [0.4, 0.5) is 0 Å². The van der Waals surface area contributed by atoms with Crippen LogP contribution in [-0.4, -0.2) is 30.3 Å². The summed E-state index contributed by atoms with van der Waals surface area (Å²) in [4.78, 5) is 0. The molecule has 0 spiro atoms. The topological polar surface area (TPSA) is 58.3 Å². The predicted molar refractivity (Wildman–Crippen MR) is 41.4 cm³/mol. The standard InChI is InChI=1S/C7H14N2O/c1-3-7(2,6-10)9-5-4-8/h1,9-10H,4-6,8H2,2H3. The van der Waals surface area contributed by atoms with E-state index in [1.54, 1.807) is 6.92 Å². The second-order valence-electron chi connectivity index (χ2n) is 2.35. The number of nitrogens with two attached hydrogens (primary N) is 1. The second-order valence-corrected chi connectivity index (χ2v) is 2.35. The average molecular weight is 142 g/mol. The fraction of sp³-hybridized carbons (Fsp3) is 0.714. The molecule has 0 saturated heterocycles. The molecule has 3 nitrogen and oxygen atoms in total. The van der Waals surface area contributed by atoms with Crippen molar-refractivity contribution in [2.75, 3.05) is 19.7 Å². The minimum atomic E-state index is -0.612.